The Kier molecular flexibility index (Phi) is 6.67. The molecule has 18 heavy (non-hydrogen) atoms. The van der Waals surface area contributed by atoms with Gasteiger partial charge in [0.25, 0.3) is 0 Å². The third-order valence-electron chi connectivity index (χ3n) is 2.42. The maximum atomic E-state index is 5.48. The average molecular weight is 256 g/mol. The Balaban J connectivity index is 2.29. The minimum atomic E-state index is 0.252. The Bertz CT molecular complexity index is 328. The molecule has 0 aromatic carbocycles. The molecule has 104 valence electrons. The van der Waals surface area contributed by atoms with Crippen LogP contribution in [-0.4, -0.2) is 36.5 Å². The first-order valence-electron chi connectivity index (χ1n) is 6.40. The van der Waals surface area contributed by atoms with Crippen LogP contribution in [-0.2, 0) is 11.3 Å². The van der Waals surface area contributed by atoms with Crippen molar-refractivity contribution in [2.75, 3.05) is 25.6 Å². The van der Waals surface area contributed by atoms with Gasteiger partial charge in [0.1, 0.15) is 0 Å². The highest BCUT2D eigenvalue weighted by molar-refractivity contribution is 5.18. The summed E-state index contributed by atoms with van der Waals surface area (Å²) >= 11 is 0. The number of aromatic nitrogens is 2. The van der Waals surface area contributed by atoms with Crippen LogP contribution < -0.4 is 10.6 Å². The number of rotatable bonds is 9. The minimum Gasteiger partial charge on any atom is -0.407 e. The van der Waals surface area contributed by atoms with Gasteiger partial charge >= 0.3 is 6.01 Å². The second kappa shape index (κ2) is 8.05. The average Bonchev–Trinajstić information content (AvgIpc) is 2.73. The van der Waals surface area contributed by atoms with Gasteiger partial charge in [0.05, 0.1) is 6.54 Å². The predicted molar refractivity (Wildman–Crippen MR) is 70.4 cm³/mol. The third-order valence-corrected chi connectivity index (χ3v) is 2.42. The summed E-state index contributed by atoms with van der Waals surface area (Å²) in [4.78, 5) is 0. The van der Waals surface area contributed by atoms with E-state index in [4.69, 9.17) is 9.15 Å². The van der Waals surface area contributed by atoms with Crippen molar-refractivity contribution >= 4 is 6.01 Å². The number of hydrogen-bond donors (Lipinski definition) is 2. The lowest BCUT2D eigenvalue weighted by molar-refractivity contribution is 0.191. The summed E-state index contributed by atoms with van der Waals surface area (Å²) < 4.78 is 10.5. The van der Waals surface area contributed by atoms with E-state index in [-0.39, 0.29) is 6.04 Å². The molecule has 1 unspecified atom stereocenters. The van der Waals surface area contributed by atoms with Crippen molar-refractivity contribution in [1.82, 2.24) is 15.5 Å². The molecule has 0 aliphatic heterocycles. The molecule has 0 bridgehead atoms. The van der Waals surface area contributed by atoms with Gasteiger partial charge in [0.15, 0.2) is 0 Å². The van der Waals surface area contributed by atoms with E-state index in [2.05, 4.69) is 41.6 Å². The highest BCUT2D eigenvalue weighted by atomic mass is 16.5. The molecule has 1 rings (SSSR count). The summed E-state index contributed by atoms with van der Waals surface area (Å²) in [6.07, 6.45) is 0.903. The highest BCUT2D eigenvalue weighted by Gasteiger charge is 2.08. The number of methoxy groups -OCH3 is 1. The SMILES string of the molecule is COCCC(C)Nc1nnc(CNCC(C)C)o1. The second-order valence-electron chi connectivity index (χ2n) is 4.85. The van der Waals surface area contributed by atoms with E-state index in [1.54, 1.807) is 7.11 Å². The van der Waals surface area contributed by atoms with Gasteiger partial charge in [-0.15, -0.1) is 5.10 Å². The number of nitrogens with one attached hydrogen (secondary N) is 2. The van der Waals surface area contributed by atoms with Crippen molar-refractivity contribution in [1.29, 1.82) is 0 Å². The monoisotopic (exact) mass is 256 g/mol. The number of hydrogen-bond acceptors (Lipinski definition) is 6. The molecule has 0 aliphatic carbocycles. The van der Waals surface area contributed by atoms with E-state index in [9.17, 15) is 0 Å². The van der Waals surface area contributed by atoms with Crippen LogP contribution in [0.5, 0.6) is 0 Å². The Hall–Kier alpha value is -1.14. The Morgan fingerprint density at radius 3 is 2.72 bits per heavy atom. The lowest BCUT2D eigenvalue weighted by atomic mass is 10.2. The molecular formula is C12H24N4O2. The van der Waals surface area contributed by atoms with Crippen LogP contribution in [0.2, 0.25) is 0 Å². The van der Waals surface area contributed by atoms with Crippen molar-refractivity contribution in [3.8, 4) is 0 Å². The van der Waals surface area contributed by atoms with Gasteiger partial charge in [-0.1, -0.05) is 18.9 Å². The molecule has 6 nitrogen and oxygen atoms in total. The summed E-state index contributed by atoms with van der Waals surface area (Å²) in [5.41, 5.74) is 0. The van der Waals surface area contributed by atoms with Crippen LogP contribution in [0.25, 0.3) is 0 Å². The maximum absolute atomic E-state index is 5.48. The van der Waals surface area contributed by atoms with Crippen molar-refractivity contribution < 1.29 is 9.15 Å². The number of nitrogens with zero attached hydrogens (tertiary/aromatic N) is 2. The molecule has 0 spiro atoms. The summed E-state index contributed by atoms with van der Waals surface area (Å²) in [6, 6.07) is 0.724. The quantitative estimate of drug-likeness (QED) is 0.700. The van der Waals surface area contributed by atoms with Crippen molar-refractivity contribution in [3.63, 3.8) is 0 Å². The lowest BCUT2D eigenvalue weighted by Crippen LogP contribution is -2.19. The molecule has 1 heterocycles. The first-order valence-corrected chi connectivity index (χ1v) is 6.40. The normalized spacial score (nSPS) is 12.9. The van der Waals surface area contributed by atoms with Gasteiger partial charge in [0.2, 0.25) is 5.89 Å². The van der Waals surface area contributed by atoms with Gasteiger partial charge in [-0.25, -0.2) is 0 Å². The zero-order chi connectivity index (χ0) is 13.4. The number of anilines is 1. The standard InChI is InChI=1S/C12H24N4O2/c1-9(2)7-13-8-11-15-16-12(18-11)14-10(3)5-6-17-4/h9-10,13H,5-8H2,1-4H3,(H,14,16). The highest BCUT2D eigenvalue weighted by Crippen LogP contribution is 2.08. The smallest absolute Gasteiger partial charge is 0.315 e. The van der Waals surface area contributed by atoms with Crippen LogP contribution in [0.4, 0.5) is 6.01 Å². The Morgan fingerprint density at radius 1 is 1.28 bits per heavy atom. The molecule has 0 aliphatic rings. The van der Waals surface area contributed by atoms with E-state index < -0.39 is 0 Å². The molecular weight excluding hydrogens is 232 g/mol. The first-order chi connectivity index (χ1) is 8.61. The van der Waals surface area contributed by atoms with Crippen molar-refractivity contribution in [3.05, 3.63) is 5.89 Å². The van der Waals surface area contributed by atoms with Crippen LogP contribution >= 0.6 is 0 Å². The van der Waals surface area contributed by atoms with Gasteiger partial charge in [-0.05, 0) is 25.8 Å². The first kappa shape index (κ1) is 14.9. The zero-order valence-electron chi connectivity index (χ0n) is 11.7. The van der Waals surface area contributed by atoms with Crippen LogP contribution in [0.3, 0.4) is 0 Å². The van der Waals surface area contributed by atoms with E-state index in [1.165, 1.54) is 0 Å². The number of ether oxygens (including phenoxy) is 1. The largest absolute Gasteiger partial charge is 0.407 e. The molecule has 0 saturated heterocycles. The maximum Gasteiger partial charge on any atom is 0.315 e. The van der Waals surface area contributed by atoms with Gasteiger partial charge in [0, 0.05) is 19.8 Å². The summed E-state index contributed by atoms with van der Waals surface area (Å²) in [5, 5.41) is 14.3. The summed E-state index contributed by atoms with van der Waals surface area (Å²) in [5.74, 6) is 1.22. The molecule has 6 heteroatoms. The predicted octanol–water partition coefficient (Wildman–Crippen LogP) is 1.65. The van der Waals surface area contributed by atoms with Gasteiger partial charge in [-0.3, -0.25) is 0 Å². The third kappa shape index (κ3) is 5.97. The fourth-order valence-electron chi connectivity index (χ4n) is 1.43. The molecule has 0 fully saturated rings. The minimum absolute atomic E-state index is 0.252. The van der Waals surface area contributed by atoms with E-state index in [1.807, 2.05) is 0 Å². The molecule has 1 aromatic rings. The van der Waals surface area contributed by atoms with E-state index in [0.717, 1.165) is 13.0 Å². The van der Waals surface area contributed by atoms with Crippen LogP contribution in [0.1, 0.15) is 33.1 Å². The van der Waals surface area contributed by atoms with E-state index in [0.29, 0.717) is 31.0 Å². The van der Waals surface area contributed by atoms with Crippen molar-refractivity contribution in [2.24, 2.45) is 5.92 Å². The van der Waals surface area contributed by atoms with Gasteiger partial charge < -0.3 is 19.8 Å². The Labute approximate surface area is 108 Å². The second-order valence-corrected chi connectivity index (χ2v) is 4.85. The molecule has 0 amide bonds. The Morgan fingerprint density at radius 2 is 2.06 bits per heavy atom. The van der Waals surface area contributed by atoms with Crippen LogP contribution in [0, 0.1) is 5.92 Å². The molecule has 0 saturated carbocycles. The van der Waals surface area contributed by atoms with Crippen molar-refractivity contribution in [2.45, 2.75) is 39.8 Å². The molecule has 2 N–H and O–H groups in total. The molecule has 1 atom stereocenters. The topological polar surface area (TPSA) is 72.2 Å². The lowest BCUT2D eigenvalue weighted by Gasteiger charge is -2.10. The molecule has 1 aromatic heterocycles. The fourth-order valence-corrected chi connectivity index (χ4v) is 1.43. The zero-order valence-corrected chi connectivity index (χ0v) is 11.7. The molecule has 0 radical (unpaired) electrons. The fraction of sp³-hybridized carbons (Fsp3) is 0.833. The van der Waals surface area contributed by atoms with Crippen LogP contribution in [0.15, 0.2) is 4.42 Å². The summed E-state index contributed by atoms with van der Waals surface area (Å²) in [7, 11) is 1.69. The van der Waals surface area contributed by atoms with E-state index >= 15 is 0 Å². The summed E-state index contributed by atoms with van der Waals surface area (Å²) in [6.45, 7) is 8.64. The van der Waals surface area contributed by atoms with Gasteiger partial charge in [-0.2, -0.15) is 0 Å².